The van der Waals surface area contributed by atoms with Crippen LogP contribution in [0.1, 0.15) is 38.1 Å². The summed E-state index contributed by atoms with van der Waals surface area (Å²) in [6.07, 6.45) is -1.09. The first-order chi connectivity index (χ1) is 16.1. The maximum atomic E-state index is 13.1. The third kappa shape index (κ3) is 5.76. The minimum absolute atomic E-state index is 0.00711. The Morgan fingerprint density at radius 3 is 2.50 bits per heavy atom. The van der Waals surface area contributed by atoms with E-state index in [0.717, 1.165) is 0 Å². The van der Waals surface area contributed by atoms with Crippen molar-refractivity contribution >= 4 is 35.3 Å². The van der Waals surface area contributed by atoms with Gasteiger partial charge in [0.1, 0.15) is 24.7 Å². The lowest BCUT2D eigenvalue weighted by atomic mass is 10.1. The molecular weight excluding hydrogens is 452 g/mol. The molecule has 1 aliphatic heterocycles. The summed E-state index contributed by atoms with van der Waals surface area (Å²) >= 11 is 0. The van der Waals surface area contributed by atoms with Crippen LogP contribution in [0.15, 0.2) is 9.79 Å². The van der Waals surface area contributed by atoms with Crippen LogP contribution in [0.2, 0.25) is 0 Å². The van der Waals surface area contributed by atoms with Gasteiger partial charge in [-0.2, -0.15) is 10.1 Å². The maximum Gasteiger partial charge on any atom is 0.302 e. The highest BCUT2D eigenvalue weighted by Gasteiger charge is 2.37. The van der Waals surface area contributed by atoms with Crippen LogP contribution in [0.3, 0.4) is 0 Å². The zero-order valence-corrected chi connectivity index (χ0v) is 19.3. The molecule has 0 amide bonds. The van der Waals surface area contributed by atoms with E-state index in [9.17, 15) is 24.6 Å². The van der Waals surface area contributed by atoms with Crippen molar-refractivity contribution in [2.75, 3.05) is 33.9 Å². The van der Waals surface area contributed by atoms with Gasteiger partial charge in [0.05, 0.1) is 30.7 Å². The fourth-order valence-corrected chi connectivity index (χ4v) is 3.45. The average molecular weight is 480 g/mol. The predicted molar refractivity (Wildman–Crippen MR) is 118 cm³/mol. The van der Waals surface area contributed by atoms with Crippen LogP contribution in [-0.4, -0.2) is 99.3 Å². The van der Waals surface area contributed by atoms with Gasteiger partial charge in [0.2, 0.25) is 5.95 Å². The zero-order chi connectivity index (χ0) is 25.0. The number of esters is 2. The van der Waals surface area contributed by atoms with E-state index in [2.05, 4.69) is 20.1 Å². The van der Waals surface area contributed by atoms with Crippen molar-refractivity contribution in [1.29, 1.82) is 0 Å². The van der Waals surface area contributed by atoms with Gasteiger partial charge in [-0.25, -0.2) is 9.67 Å². The molecule has 2 aromatic rings. The van der Waals surface area contributed by atoms with Gasteiger partial charge in [-0.1, -0.05) is 0 Å². The minimum Gasteiger partial charge on any atom is -0.465 e. The number of carbonyl (C=O) groups is 2. The quantitative estimate of drug-likeness (QED) is 0.232. The van der Waals surface area contributed by atoms with Crippen LogP contribution in [0.5, 0.6) is 0 Å². The van der Waals surface area contributed by atoms with Gasteiger partial charge in [-0.3, -0.25) is 19.4 Å². The molecule has 1 saturated heterocycles. The van der Waals surface area contributed by atoms with Gasteiger partial charge in [0.25, 0.3) is 5.56 Å². The molecule has 0 aromatic carbocycles. The second-order valence-corrected chi connectivity index (χ2v) is 8.04. The molecule has 0 spiro atoms. The second-order valence-electron chi connectivity index (χ2n) is 8.04. The van der Waals surface area contributed by atoms with Gasteiger partial charge in [-0.15, -0.1) is 0 Å². The molecule has 1 fully saturated rings. The zero-order valence-electron chi connectivity index (χ0n) is 19.3. The Bertz CT molecular complexity index is 1110. The van der Waals surface area contributed by atoms with Gasteiger partial charge < -0.3 is 29.3 Å². The topological polar surface area (TPSA) is 181 Å². The molecule has 14 nitrogen and oxygen atoms in total. The number of carbonyl (C=O) groups excluding carboxylic acids is 2. The van der Waals surface area contributed by atoms with E-state index < -0.39 is 48.5 Å². The van der Waals surface area contributed by atoms with Crippen LogP contribution >= 0.6 is 0 Å². The minimum atomic E-state index is -0.955. The summed E-state index contributed by atoms with van der Waals surface area (Å²) in [6, 6.07) is 0. The van der Waals surface area contributed by atoms with E-state index in [0.29, 0.717) is 0 Å². The van der Waals surface area contributed by atoms with Gasteiger partial charge >= 0.3 is 11.9 Å². The molecule has 34 heavy (non-hydrogen) atoms. The molecule has 3 atom stereocenters. The maximum absolute atomic E-state index is 13.1. The molecule has 3 N–H and O–H groups in total. The van der Waals surface area contributed by atoms with Crippen LogP contribution in [0, 0.1) is 0 Å². The highest BCUT2D eigenvalue weighted by Crippen LogP contribution is 2.33. The van der Waals surface area contributed by atoms with Crippen molar-refractivity contribution < 1.29 is 34.0 Å². The van der Waals surface area contributed by atoms with Crippen molar-refractivity contribution in [2.24, 2.45) is 4.99 Å². The normalized spacial score (nSPS) is 20.4. The number of hydrogen-bond donors (Lipinski definition) is 3. The Morgan fingerprint density at radius 1 is 1.32 bits per heavy atom. The molecular formula is C20H28N6O8. The number of hydrogen-bond acceptors (Lipinski definition) is 11. The van der Waals surface area contributed by atoms with Gasteiger partial charge in [0, 0.05) is 34.4 Å². The van der Waals surface area contributed by atoms with E-state index in [4.69, 9.17) is 14.2 Å². The van der Waals surface area contributed by atoms with Crippen molar-refractivity contribution in [2.45, 2.75) is 44.6 Å². The molecule has 0 saturated carbocycles. The molecule has 1 aliphatic rings. The molecule has 0 aliphatic carbocycles. The third-order valence-electron chi connectivity index (χ3n) is 5.01. The SMILES string of the molecule is CC(=O)OCC(COC(C)=O)c1nn([C@H]2CC(O)[C@@H](CO)O2)c2nc(/N=C/N(C)C)[nH]c(=O)c12. The van der Waals surface area contributed by atoms with Crippen molar-refractivity contribution in [3.63, 3.8) is 0 Å². The largest absolute Gasteiger partial charge is 0.465 e. The number of aromatic amines is 1. The van der Waals surface area contributed by atoms with Crippen molar-refractivity contribution in [3.05, 3.63) is 16.0 Å². The van der Waals surface area contributed by atoms with Crippen LogP contribution in [0.25, 0.3) is 11.0 Å². The number of aromatic nitrogens is 4. The lowest BCUT2D eigenvalue weighted by Crippen LogP contribution is -2.24. The fourth-order valence-electron chi connectivity index (χ4n) is 3.45. The fraction of sp³-hybridized carbons (Fsp3) is 0.600. The number of aliphatic hydroxyl groups is 2. The number of fused-ring (bicyclic) bond motifs is 1. The molecule has 3 heterocycles. The molecule has 186 valence electrons. The molecule has 2 aromatic heterocycles. The number of aliphatic hydroxyl groups excluding tert-OH is 2. The molecule has 3 rings (SSSR count). The number of ether oxygens (including phenoxy) is 3. The van der Waals surface area contributed by atoms with Crippen molar-refractivity contribution in [1.82, 2.24) is 24.6 Å². The highest BCUT2D eigenvalue weighted by atomic mass is 16.6. The van der Waals surface area contributed by atoms with E-state index in [-0.39, 0.29) is 42.3 Å². The molecule has 0 radical (unpaired) electrons. The van der Waals surface area contributed by atoms with E-state index in [1.54, 1.807) is 19.0 Å². The Labute approximate surface area is 194 Å². The van der Waals surface area contributed by atoms with Crippen LogP contribution in [0.4, 0.5) is 5.95 Å². The van der Waals surface area contributed by atoms with Crippen LogP contribution < -0.4 is 5.56 Å². The van der Waals surface area contributed by atoms with E-state index in [1.807, 2.05) is 0 Å². The first-order valence-corrected chi connectivity index (χ1v) is 10.5. The van der Waals surface area contributed by atoms with E-state index >= 15 is 0 Å². The summed E-state index contributed by atoms with van der Waals surface area (Å²) in [4.78, 5) is 48.7. The lowest BCUT2D eigenvalue weighted by molar-refractivity contribution is -0.144. The third-order valence-corrected chi connectivity index (χ3v) is 5.01. The Hall–Kier alpha value is -3.36. The summed E-state index contributed by atoms with van der Waals surface area (Å²) in [6.45, 7) is 1.64. The monoisotopic (exact) mass is 480 g/mol. The van der Waals surface area contributed by atoms with Gasteiger partial charge in [0.15, 0.2) is 11.9 Å². The van der Waals surface area contributed by atoms with Crippen molar-refractivity contribution in [3.8, 4) is 0 Å². The second kappa shape index (κ2) is 10.7. The van der Waals surface area contributed by atoms with E-state index in [1.165, 1.54) is 24.9 Å². The summed E-state index contributed by atoms with van der Waals surface area (Å²) in [5.74, 6) is -1.89. The summed E-state index contributed by atoms with van der Waals surface area (Å²) in [7, 11) is 3.50. The van der Waals surface area contributed by atoms with Crippen LogP contribution in [-0.2, 0) is 23.8 Å². The lowest BCUT2D eigenvalue weighted by Gasteiger charge is -2.15. The standard InChI is InChI=1S/C20H28N6O8/c1-10(28)32-7-12(8-33-11(2)29)17-16-18(22-20(23-19(16)31)21-9-25(3)4)26(24-17)15-5-13(30)14(6-27)34-15/h9,12-15,27,30H,5-8H2,1-4H3,(H,22,23,31)/b21-9+/t13?,14-,15-/m1/s1. The number of rotatable bonds is 9. The predicted octanol–water partition coefficient (Wildman–Crippen LogP) is -0.808. The number of H-pyrrole nitrogens is 1. The first kappa shape index (κ1) is 25.3. The summed E-state index contributed by atoms with van der Waals surface area (Å²) in [5.41, 5.74) is -0.291. The average Bonchev–Trinajstić information content (AvgIpc) is 3.32. The summed E-state index contributed by atoms with van der Waals surface area (Å²) < 4.78 is 17.3. The molecule has 0 bridgehead atoms. The smallest absolute Gasteiger partial charge is 0.302 e. The Morgan fingerprint density at radius 2 is 1.97 bits per heavy atom. The first-order valence-electron chi connectivity index (χ1n) is 10.5. The number of nitrogens with zero attached hydrogens (tertiary/aromatic N) is 5. The number of aliphatic imine (C=N–C) groups is 1. The van der Waals surface area contributed by atoms with Gasteiger partial charge in [-0.05, 0) is 0 Å². The molecule has 14 heteroatoms. The Balaban J connectivity index is 2.15. The number of nitrogens with one attached hydrogen (secondary N) is 1. The summed E-state index contributed by atoms with van der Waals surface area (Å²) in [5, 5.41) is 24.2. The Kier molecular flexibility index (Phi) is 7.96. The highest BCUT2D eigenvalue weighted by molar-refractivity contribution is 5.79. The molecule has 1 unspecified atom stereocenters.